The molecule has 0 aromatic rings. The molecule has 0 amide bonds. The second-order valence-electron chi connectivity index (χ2n) is 5.67. The van der Waals surface area contributed by atoms with Crippen molar-refractivity contribution in [3.63, 3.8) is 0 Å². The summed E-state index contributed by atoms with van der Waals surface area (Å²) >= 11 is 0. The van der Waals surface area contributed by atoms with E-state index < -0.39 is 0 Å². The Bertz CT molecular complexity index is 188. The molecule has 0 radical (unpaired) electrons. The maximum atomic E-state index is 5.54. The second-order valence-corrected chi connectivity index (χ2v) is 5.67. The molecule has 0 spiro atoms. The zero-order chi connectivity index (χ0) is 15.5. The average molecular weight is 273 g/mol. The van der Waals surface area contributed by atoms with E-state index in [2.05, 4.69) is 34.6 Å². The molecular formula is C15H36BNO2. The number of hydrogen-bond donors (Lipinski definition) is 1. The van der Waals surface area contributed by atoms with Crippen LogP contribution in [0.2, 0.25) is 6.82 Å². The third-order valence-corrected chi connectivity index (χ3v) is 3.43. The van der Waals surface area contributed by atoms with Crippen molar-refractivity contribution in [3.8, 4) is 0 Å². The molecule has 1 rings (SSSR count). The van der Waals surface area contributed by atoms with E-state index in [1.54, 1.807) is 0 Å². The molecule has 0 unspecified atom stereocenters. The fourth-order valence-corrected chi connectivity index (χ4v) is 1.71. The monoisotopic (exact) mass is 273 g/mol. The summed E-state index contributed by atoms with van der Waals surface area (Å²) in [7, 11) is -0.0648. The smallest absolute Gasteiger partial charge is 0.403 e. The van der Waals surface area contributed by atoms with Crippen molar-refractivity contribution in [2.75, 3.05) is 6.54 Å². The van der Waals surface area contributed by atoms with Crippen molar-refractivity contribution in [1.82, 2.24) is 0 Å². The first-order valence-corrected chi connectivity index (χ1v) is 7.82. The SMILES string of the molecule is CB1OC(C)(C)C(C)(C)O1.CC.CCCCCCN. The normalized spacial score (nSPS) is 19.1. The maximum absolute atomic E-state index is 5.54. The minimum Gasteiger partial charge on any atom is -0.403 e. The number of unbranched alkanes of at least 4 members (excludes halogenated alkanes) is 3. The zero-order valence-electron chi connectivity index (χ0n) is 14.5. The van der Waals surface area contributed by atoms with Crippen LogP contribution in [0.25, 0.3) is 0 Å². The summed E-state index contributed by atoms with van der Waals surface area (Å²) in [5.41, 5.74) is 4.95. The first-order chi connectivity index (χ1) is 8.77. The summed E-state index contributed by atoms with van der Waals surface area (Å²) in [5, 5.41) is 0. The van der Waals surface area contributed by atoms with Crippen LogP contribution in [0.5, 0.6) is 0 Å². The van der Waals surface area contributed by atoms with Gasteiger partial charge in [0.2, 0.25) is 0 Å². The van der Waals surface area contributed by atoms with Crippen molar-refractivity contribution in [2.45, 2.75) is 92.2 Å². The molecule has 1 fully saturated rings. The van der Waals surface area contributed by atoms with Gasteiger partial charge in [0.1, 0.15) is 0 Å². The second kappa shape index (κ2) is 10.7. The molecule has 0 aliphatic carbocycles. The Labute approximate surface area is 121 Å². The third kappa shape index (κ3) is 8.67. The maximum Gasteiger partial charge on any atom is 0.454 e. The Hall–Kier alpha value is -0.0551. The van der Waals surface area contributed by atoms with Gasteiger partial charge in [-0.3, -0.25) is 0 Å². The Balaban J connectivity index is 0. The highest BCUT2D eigenvalue weighted by Gasteiger charge is 2.48. The molecule has 1 aliphatic heterocycles. The van der Waals surface area contributed by atoms with Crippen molar-refractivity contribution < 1.29 is 9.31 Å². The van der Waals surface area contributed by atoms with Crippen LogP contribution in [0.15, 0.2) is 0 Å². The molecule has 1 aliphatic rings. The van der Waals surface area contributed by atoms with Gasteiger partial charge in [-0.15, -0.1) is 0 Å². The fourth-order valence-electron chi connectivity index (χ4n) is 1.71. The van der Waals surface area contributed by atoms with Gasteiger partial charge in [0, 0.05) is 0 Å². The summed E-state index contributed by atoms with van der Waals surface area (Å²) in [6, 6.07) is 0. The van der Waals surface area contributed by atoms with Crippen LogP contribution in [-0.2, 0) is 9.31 Å². The Morgan fingerprint density at radius 1 is 0.895 bits per heavy atom. The van der Waals surface area contributed by atoms with Crippen LogP contribution in [0.4, 0.5) is 0 Å². The van der Waals surface area contributed by atoms with E-state index in [0.29, 0.717) is 0 Å². The first-order valence-electron chi connectivity index (χ1n) is 7.82. The van der Waals surface area contributed by atoms with E-state index in [1.165, 1.54) is 25.7 Å². The molecular weight excluding hydrogens is 237 g/mol. The summed E-state index contributed by atoms with van der Waals surface area (Å²) in [6.07, 6.45) is 5.16. The van der Waals surface area contributed by atoms with Gasteiger partial charge in [0.05, 0.1) is 11.2 Å². The van der Waals surface area contributed by atoms with E-state index >= 15 is 0 Å². The summed E-state index contributed by atoms with van der Waals surface area (Å²) < 4.78 is 11.1. The molecule has 0 bridgehead atoms. The minimum absolute atomic E-state index is 0.0648. The predicted octanol–water partition coefficient (Wildman–Crippen LogP) is 4.26. The predicted molar refractivity (Wildman–Crippen MR) is 86.5 cm³/mol. The van der Waals surface area contributed by atoms with Gasteiger partial charge in [-0.25, -0.2) is 0 Å². The molecule has 2 N–H and O–H groups in total. The quantitative estimate of drug-likeness (QED) is 0.615. The van der Waals surface area contributed by atoms with E-state index in [4.69, 9.17) is 15.0 Å². The van der Waals surface area contributed by atoms with Crippen LogP contribution in [0.3, 0.4) is 0 Å². The lowest BCUT2D eigenvalue weighted by Crippen LogP contribution is -2.41. The van der Waals surface area contributed by atoms with Gasteiger partial charge in [-0.2, -0.15) is 0 Å². The summed E-state index contributed by atoms with van der Waals surface area (Å²) in [5.74, 6) is 0. The van der Waals surface area contributed by atoms with Crippen molar-refractivity contribution in [3.05, 3.63) is 0 Å². The average Bonchev–Trinajstić information content (AvgIpc) is 2.50. The molecule has 0 aromatic carbocycles. The third-order valence-electron chi connectivity index (χ3n) is 3.43. The van der Waals surface area contributed by atoms with Crippen LogP contribution in [0.1, 0.15) is 74.1 Å². The molecule has 3 nitrogen and oxygen atoms in total. The number of nitrogens with two attached hydrogens (primary N) is 1. The minimum atomic E-state index is -0.160. The summed E-state index contributed by atoms with van der Waals surface area (Å²) in [4.78, 5) is 0. The molecule has 0 atom stereocenters. The van der Waals surface area contributed by atoms with Gasteiger partial charge in [0.25, 0.3) is 0 Å². The fraction of sp³-hybridized carbons (Fsp3) is 1.00. The molecule has 1 saturated heterocycles. The van der Waals surface area contributed by atoms with Crippen LogP contribution < -0.4 is 5.73 Å². The molecule has 116 valence electrons. The topological polar surface area (TPSA) is 44.5 Å². The Kier molecular flexibility index (Phi) is 12.0. The van der Waals surface area contributed by atoms with Crippen molar-refractivity contribution >= 4 is 7.12 Å². The summed E-state index contributed by atoms with van der Waals surface area (Å²) in [6.45, 7) is 17.2. The zero-order valence-corrected chi connectivity index (χ0v) is 14.5. The highest BCUT2D eigenvalue weighted by atomic mass is 16.7. The first kappa shape index (κ1) is 21.2. The van der Waals surface area contributed by atoms with Crippen molar-refractivity contribution in [1.29, 1.82) is 0 Å². The molecule has 1 heterocycles. The highest BCUT2D eigenvalue weighted by molar-refractivity contribution is 6.43. The Morgan fingerprint density at radius 3 is 1.53 bits per heavy atom. The van der Waals surface area contributed by atoms with Gasteiger partial charge in [0.15, 0.2) is 0 Å². The lowest BCUT2D eigenvalue weighted by Gasteiger charge is -2.32. The molecule has 19 heavy (non-hydrogen) atoms. The van der Waals surface area contributed by atoms with Crippen molar-refractivity contribution in [2.24, 2.45) is 5.73 Å². The number of hydrogen-bond acceptors (Lipinski definition) is 3. The molecule has 4 heteroatoms. The standard InChI is InChI=1S/C7H15BO2.C6H15N.C2H6/c1-6(2)7(3,4)10-8(5)9-6;1-2-3-4-5-6-7;1-2/h1-5H3;2-7H2,1H3;1-2H3. The van der Waals surface area contributed by atoms with E-state index in [9.17, 15) is 0 Å². The van der Waals surface area contributed by atoms with Crippen LogP contribution >= 0.6 is 0 Å². The van der Waals surface area contributed by atoms with Gasteiger partial charge >= 0.3 is 7.12 Å². The van der Waals surface area contributed by atoms with E-state index in [1.807, 2.05) is 20.7 Å². The lowest BCUT2D eigenvalue weighted by molar-refractivity contribution is 0.00578. The number of rotatable bonds is 4. The van der Waals surface area contributed by atoms with E-state index in [0.717, 1.165) is 6.54 Å². The molecule has 0 saturated carbocycles. The lowest BCUT2D eigenvalue weighted by atomic mass is 9.90. The molecule has 0 aromatic heterocycles. The van der Waals surface area contributed by atoms with E-state index in [-0.39, 0.29) is 18.3 Å². The largest absolute Gasteiger partial charge is 0.454 e. The highest BCUT2D eigenvalue weighted by Crippen LogP contribution is 2.36. The Morgan fingerprint density at radius 2 is 1.32 bits per heavy atom. The van der Waals surface area contributed by atoms with Gasteiger partial charge in [-0.1, -0.05) is 40.0 Å². The van der Waals surface area contributed by atoms with Crippen LogP contribution in [-0.4, -0.2) is 24.9 Å². The van der Waals surface area contributed by atoms with Gasteiger partial charge < -0.3 is 15.0 Å². The van der Waals surface area contributed by atoms with Crippen LogP contribution in [0, 0.1) is 0 Å². The van der Waals surface area contributed by atoms with Gasteiger partial charge in [-0.05, 0) is 47.5 Å².